The monoisotopic (exact) mass is 287 g/mol. The summed E-state index contributed by atoms with van der Waals surface area (Å²) in [6, 6.07) is 5.00. The molecule has 0 aliphatic heterocycles. The molecule has 0 aliphatic rings. The maximum Gasteiger partial charge on any atom is 0.285 e. The van der Waals surface area contributed by atoms with Crippen molar-refractivity contribution >= 4 is 40.2 Å². The molecule has 0 aromatic heterocycles. The van der Waals surface area contributed by atoms with Crippen molar-refractivity contribution in [3.8, 4) is 12.3 Å². The van der Waals surface area contributed by atoms with Gasteiger partial charge in [0, 0.05) is 4.90 Å². The van der Waals surface area contributed by atoms with Crippen LogP contribution in [0.25, 0.3) is 0 Å². The second kappa shape index (κ2) is 5.68. The Morgan fingerprint density at radius 1 is 1.41 bits per heavy atom. The van der Waals surface area contributed by atoms with Crippen molar-refractivity contribution in [2.24, 2.45) is 0 Å². The van der Waals surface area contributed by atoms with Crippen LogP contribution in [0.4, 0.5) is 4.79 Å². The van der Waals surface area contributed by atoms with Crippen LogP contribution in [0.3, 0.4) is 0 Å². The van der Waals surface area contributed by atoms with Gasteiger partial charge < -0.3 is 5.32 Å². The van der Waals surface area contributed by atoms with E-state index < -0.39 is 5.54 Å². The molecule has 1 amide bonds. The standard InChI is InChI=1S/C12H11Cl2NOS/c1-4-12(2,3)15-11(16)17-8-5-6-9(13)10(14)7-8/h1,5-7H,2-3H3,(H,15,16). The van der Waals surface area contributed by atoms with Gasteiger partial charge in [0.15, 0.2) is 0 Å². The molecule has 0 heterocycles. The molecule has 0 unspecified atom stereocenters. The van der Waals surface area contributed by atoms with E-state index in [-0.39, 0.29) is 5.24 Å². The third-order valence-corrected chi connectivity index (χ3v) is 3.39. The second-order valence-corrected chi connectivity index (χ2v) is 5.72. The van der Waals surface area contributed by atoms with E-state index in [4.69, 9.17) is 29.6 Å². The number of benzene rings is 1. The van der Waals surface area contributed by atoms with Crippen molar-refractivity contribution in [2.45, 2.75) is 24.3 Å². The van der Waals surface area contributed by atoms with Crippen molar-refractivity contribution in [2.75, 3.05) is 0 Å². The van der Waals surface area contributed by atoms with Gasteiger partial charge in [-0.05, 0) is 43.8 Å². The van der Waals surface area contributed by atoms with Crippen molar-refractivity contribution in [1.82, 2.24) is 5.32 Å². The summed E-state index contributed by atoms with van der Waals surface area (Å²) in [6.45, 7) is 3.50. The summed E-state index contributed by atoms with van der Waals surface area (Å²) < 4.78 is 0. The Kier molecular flexibility index (Phi) is 4.76. The van der Waals surface area contributed by atoms with Crippen LogP contribution in [0.15, 0.2) is 23.1 Å². The number of hydrogen-bond donors (Lipinski definition) is 1. The molecule has 0 atom stereocenters. The molecular formula is C12H11Cl2NOS. The van der Waals surface area contributed by atoms with Crippen molar-refractivity contribution in [1.29, 1.82) is 0 Å². The summed E-state index contributed by atoms with van der Waals surface area (Å²) in [6.07, 6.45) is 5.28. The molecule has 1 rings (SSSR count). The number of rotatable bonds is 2. The summed E-state index contributed by atoms with van der Waals surface area (Å²) in [5, 5.41) is 3.35. The average Bonchev–Trinajstić information content (AvgIpc) is 2.23. The molecule has 0 fully saturated rings. The largest absolute Gasteiger partial charge is 0.331 e. The van der Waals surface area contributed by atoms with E-state index in [2.05, 4.69) is 11.2 Å². The van der Waals surface area contributed by atoms with E-state index in [1.807, 2.05) is 0 Å². The Morgan fingerprint density at radius 2 is 2.06 bits per heavy atom. The first-order valence-electron chi connectivity index (χ1n) is 4.77. The minimum Gasteiger partial charge on any atom is -0.331 e. The second-order valence-electron chi connectivity index (χ2n) is 3.86. The first-order valence-corrected chi connectivity index (χ1v) is 6.34. The topological polar surface area (TPSA) is 29.1 Å². The highest BCUT2D eigenvalue weighted by atomic mass is 35.5. The third-order valence-electron chi connectivity index (χ3n) is 1.88. The zero-order valence-electron chi connectivity index (χ0n) is 9.38. The van der Waals surface area contributed by atoms with Crippen LogP contribution in [0.5, 0.6) is 0 Å². The summed E-state index contributed by atoms with van der Waals surface area (Å²) in [5.74, 6) is 2.49. The van der Waals surface area contributed by atoms with Crippen molar-refractivity contribution in [3.05, 3.63) is 28.2 Å². The number of thioether (sulfide) groups is 1. The first-order chi connectivity index (χ1) is 7.84. The van der Waals surface area contributed by atoms with E-state index in [0.717, 1.165) is 11.8 Å². The van der Waals surface area contributed by atoms with E-state index in [9.17, 15) is 4.79 Å². The number of terminal acetylenes is 1. The molecule has 0 bridgehead atoms. The maximum absolute atomic E-state index is 11.7. The molecule has 0 saturated carbocycles. The zero-order chi connectivity index (χ0) is 13.1. The highest BCUT2D eigenvalue weighted by Crippen LogP contribution is 2.28. The Bertz CT molecular complexity index is 480. The van der Waals surface area contributed by atoms with Crippen LogP contribution < -0.4 is 5.32 Å². The molecule has 0 radical (unpaired) electrons. The molecule has 1 N–H and O–H groups in total. The molecule has 17 heavy (non-hydrogen) atoms. The van der Waals surface area contributed by atoms with Gasteiger partial charge in [0.2, 0.25) is 0 Å². The number of hydrogen-bond acceptors (Lipinski definition) is 2. The Hall–Kier alpha value is -0.820. The predicted octanol–water partition coefficient (Wildman–Crippen LogP) is 4.21. The quantitative estimate of drug-likeness (QED) is 0.652. The summed E-state index contributed by atoms with van der Waals surface area (Å²) >= 11 is 12.6. The fourth-order valence-electron chi connectivity index (χ4n) is 0.964. The minimum absolute atomic E-state index is 0.230. The Balaban J connectivity index is 2.69. The lowest BCUT2D eigenvalue weighted by atomic mass is 10.1. The summed E-state index contributed by atoms with van der Waals surface area (Å²) in [4.78, 5) is 12.4. The molecule has 1 aromatic rings. The van der Waals surface area contributed by atoms with Crippen molar-refractivity contribution in [3.63, 3.8) is 0 Å². The number of nitrogens with one attached hydrogen (secondary N) is 1. The van der Waals surface area contributed by atoms with Crippen molar-refractivity contribution < 1.29 is 4.79 Å². The SMILES string of the molecule is C#CC(C)(C)NC(=O)Sc1ccc(Cl)c(Cl)c1. The van der Waals surface area contributed by atoms with Crippen LogP contribution >= 0.6 is 35.0 Å². The molecule has 0 saturated heterocycles. The van der Waals surface area contributed by atoms with Crippen LogP contribution in [-0.2, 0) is 0 Å². The van der Waals surface area contributed by atoms with Gasteiger partial charge in [-0.15, -0.1) is 6.42 Å². The molecule has 2 nitrogen and oxygen atoms in total. The Labute approximate surface area is 115 Å². The summed E-state index contributed by atoms with van der Waals surface area (Å²) in [5.41, 5.74) is -0.666. The molecular weight excluding hydrogens is 277 g/mol. The van der Waals surface area contributed by atoms with E-state index >= 15 is 0 Å². The highest BCUT2D eigenvalue weighted by molar-refractivity contribution is 8.13. The number of halogens is 2. The molecule has 5 heteroatoms. The number of carbonyl (C=O) groups excluding carboxylic acids is 1. The zero-order valence-corrected chi connectivity index (χ0v) is 11.7. The fourth-order valence-corrected chi connectivity index (χ4v) is 2.16. The van der Waals surface area contributed by atoms with E-state index in [1.165, 1.54) is 0 Å². The van der Waals surface area contributed by atoms with Crippen LogP contribution in [0, 0.1) is 12.3 Å². The molecule has 0 aliphatic carbocycles. The smallest absolute Gasteiger partial charge is 0.285 e. The van der Waals surface area contributed by atoms with Gasteiger partial charge in [-0.25, -0.2) is 0 Å². The van der Waals surface area contributed by atoms with Gasteiger partial charge in [0.25, 0.3) is 5.24 Å². The molecule has 90 valence electrons. The predicted molar refractivity (Wildman–Crippen MR) is 73.8 cm³/mol. The average molecular weight is 288 g/mol. The van der Waals surface area contributed by atoms with Gasteiger partial charge in [0.1, 0.15) is 0 Å². The molecule has 1 aromatic carbocycles. The normalized spacial score (nSPS) is 10.8. The van der Waals surface area contributed by atoms with Crippen LogP contribution in [-0.4, -0.2) is 10.8 Å². The molecule has 0 spiro atoms. The fraction of sp³-hybridized carbons (Fsp3) is 0.250. The summed E-state index contributed by atoms with van der Waals surface area (Å²) in [7, 11) is 0. The van der Waals surface area contributed by atoms with Gasteiger partial charge in [-0.3, -0.25) is 4.79 Å². The van der Waals surface area contributed by atoms with Crippen LogP contribution in [0.1, 0.15) is 13.8 Å². The van der Waals surface area contributed by atoms with Gasteiger partial charge in [-0.2, -0.15) is 0 Å². The van der Waals surface area contributed by atoms with Gasteiger partial charge >= 0.3 is 0 Å². The maximum atomic E-state index is 11.7. The van der Waals surface area contributed by atoms with Crippen LogP contribution in [0.2, 0.25) is 10.0 Å². The van der Waals surface area contributed by atoms with E-state index in [0.29, 0.717) is 14.9 Å². The lowest BCUT2D eigenvalue weighted by molar-refractivity contribution is 0.256. The van der Waals surface area contributed by atoms with Gasteiger partial charge in [0.05, 0.1) is 15.6 Å². The third kappa shape index (κ3) is 4.51. The minimum atomic E-state index is -0.666. The Morgan fingerprint density at radius 3 is 2.59 bits per heavy atom. The number of amides is 1. The van der Waals surface area contributed by atoms with Gasteiger partial charge in [-0.1, -0.05) is 29.1 Å². The number of carbonyl (C=O) groups is 1. The first kappa shape index (κ1) is 14.2. The highest BCUT2D eigenvalue weighted by Gasteiger charge is 2.17. The lowest BCUT2D eigenvalue weighted by Gasteiger charge is -2.18. The lowest BCUT2D eigenvalue weighted by Crippen LogP contribution is -2.39. The van der Waals surface area contributed by atoms with E-state index in [1.54, 1.807) is 32.0 Å².